The first kappa shape index (κ1) is 25.6. The lowest BCUT2D eigenvalue weighted by Gasteiger charge is -2.35. The van der Waals surface area contributed by atoms with E-state index in [0.29, 0.717) is 22.4 Å². The summed E-state index contributed by atoms with van der Waals surface area (Å²) in [7, 11) is 1.84. The molecule has 9 heteroatoms. The summed E-state index contributed by atoms with van der Waals surface area (Å²) in [6.45, 7) is 4.27. The molecule has 38 heavy (non-hydrogen) atoms. The van der Waals surface area contributed by atoms with E-state index in [4.69, 9.17) is 4.74 Å². The van der Waals surface area contributed by atoms with Gasteiger partial charge >= 0.3 is 0 Å². The van der Waals surface area contributed by atoms with Crippen LogP contribution in [0.4, 0.5) is 20.2 Å². The number of benzene rings is 2. The molecule has 0 radical (unpaired) electrons. The van der Waals surface area contributed by atoms with Crippen LogP contribution in [0.3, 0.4) is 0 Å². The molecule has 2 saturated carbocycles. The standard InChI is InChI=1S/C29H34F2N4O2S/c1-3-38-21-5-6-22(26(15-21)35-12-10-28(8-9-28)11-13-35)27(36)32-19-4-7-25-23(14-19)24(33-34(25)2)18-37-20-16-29(30,31)17-20/h4-7,14-15,20H,3,8-13,16-18H2,1-2H3,(H,32,36). The largest absolute Gasteiger partial charge is 0.371 e. The number of alkyl halides is 2. The number of carbonyl (C=O) groups excluding carboxylic acids is 1. The van der Waals surface area contributed by atoms with Crippen molar-refractivity contribution in [1.29, 1.82) is 0 Å². The zero-order valence-electron chi connectivity index (χ0n) is 21.9. The smallest absolute Gasteiger partial charge is 0.257 e. The minimum Gasteiger partial charge on any atom is -0.371 e. The number of aryl methyl sites for hydroxylation is 1. The summed E-state index contributed by atoms with van der Waals surface area (Å²) in [5, 5.41) is 8.48. The van der Waals surface area contributed by atoms with Crippen LogP contribution in [0.1, 0.15) is 61.5 Å². The maximum absolute atomic E-state index is 13.6. The number of hydrogen-bond acceptors (Lipinski definition) is 5. The lowest BCUT2D eigenvalue weighted by Crippen LogP contribution is -2.41. The van der Waals surface area contributed by atoms with Crippen LogP contribution in [0.5, 0.6) is 0 Å². The van der Waals surface area contributed by atoms with E-state index in [2.05, 4.69) is 28.3 Å². The molecule has 0 bridgehead atoms. The summed E-state index contributed by atoms with van der Waals surface area (Å²) in [5.74, 6) is -1.78. The molecule has 2 heterocycles. The van der Waals surface area contributed by atoms with Gasteiger partial charge in [0.25, 0.3) is 11.8 Å². The Balaban J connectivity index is 1.21. The number of nitrogens with zero attached hydrogens (tertiary/aromatic N) is 3. The number of halogens is 2. The third-order valence-corrected chi connectivity index (χ3v) is 9.22. The fourth-order valence-electron chi connectivity index (χ4n) is 5.76. The molecule has 1 N–H and O–H groups in total. The molecule has 1 saturated heterocycles. The van der Waals surface area contributed by atoms with Crippen molar-refractivity contribution in [3.63, 3.8) is 0 Å². The Labute approximate surface area is 226 Å². The molecule has 1 aliphatic heterocycles. The number of hydrogen-bond donors (Lipinski definition) is 1. The lowest BCUT2D eigenvalue weighted by atomic mass is 9.91. The molecule has 3 aromatic rings. The van der Waals surface area contributed by atoms with Crippen LogP contribution < -0.4 is 10.2 Å². The van der Waals surface area contributed by atoms with Crippen molar-refractivity contribution in [3.05, 3.63) is 47.7 Å². The van der Waals surface area contributed by atoms with Gasteiger partial charge in [-0.05, 0) is 73.2 Å². The van der Waals surface area contributed by atoms with Crippen molar-refractivity contribution in [2.75, 3.05) is 29.1 Å². The highest BCUT2D eigenvalue weighted by Crippen LogP contribution is 2.54. The van der Waals surface area contributed by atoms with Gasteiger partial charge < -0.3 is 15.0 Å². The van der Waals surface area contributed by atoms with Crippen LogP contribution in [-0.4, -0.2) is 46.6 Å². The second-order valence-electron chi connectivity index (χ2n) is 11.1. The molecule has 1 amide bonds. The quantitative estimate of drug-likeness (QED) is 0.325. The second-order valence-corrected chi connectivity index (χ2v) is 12.4. The van der Waals surface area contributed by atoms with Gasteiger partial charge in [0.1, 0.15) is 0 Å². The van der Waals surface area contributed by atoms with Crippen LogP contribution in [0.2, 0.25) is 0 Å². The molecule has 6 rings (SSSR count). The zero-order chi connectivity index (χ0) is 26.5. The molecule has 2 aliphatic carbocycles. The van der Waals surface area contributed by atoms with Crippen molar-refractivity contribution in [1.82, 2.24) is 9.78 Å². The number of piperidine rings is 1. The first-order valence-electron chi connectivity index (χ1n) is 13.5. The predicted octanol–water partition coefficient (Wildman–Crippen LogP) is 6.63. The SMILES string of the molecule is CCSc1ccc(C(=O)Nc2ccc3c(c2)c(COC2CC(F)(F)C2)nn3C)c(N2CCC3(CC2)CC3)c1. The van der Waals surface area contributed by atoms with Crippen molar-refractivity contribution in [3.8, 4) is 0 Å². The summed E-state index contributed by atoms with van der Waals surface area (Å²) >= 11 is 1.79. The molecule has 6 nitrogen and oxygen atoms in total. The number of aromatic nitrogens is 2. The lowest BCUT2D eigenvalue weighted by molar-refractivity contribution is -0.169. The molecule has 0 unspecified atom stereocenters. The van der Waals surface area contributed by atoms with Gasteiger partial charge in [-0.25, -0.2) is 8.78 Å². The molecule has 2 aromatic carbocycles. The number of carbonyl (C=O) groups is 1. The van der Waals surface area contributed by atoms with Gasteiger partial charge in [0.05, 0.1) is 35.2 Å². The zero-order valence-corrected chi connectivity index (χ0v) is 22.8. The molecule has 3 fully saturated rings. The fraction of sp³-hybridized carbons (Fsp3) is 0.517. The van der Waals surface area contributed by atoms with Gasteiger partial charge in [-0.3, -0.25) is 9.48 Å². The number of fused-ring (bicyclic) bond motifs is 1. The van der Waals surface area contributed by atoms with Crippen molar-refractivity contribution in [2.24, 2.45) is 12.5 Å². The second kappa shape index (κ2) is 9.83. The number of nitrogens with one attached hydrogen (secondary N) is 1. The van der Waals surface area contributed by atoms with E-state index < -0.39 is 12.0 Å². The Morgan fingerprint density at radius 3 is 2.58 bits per heavy atom. The predicted molar refractivity (Wildman–Crippen MR) is 147 cm³/mol. The minimum atomic E-state index is -2.62. The van der Waals surface area contributed by atoms with E-state index >= 15 is 0 Å². The molecule has 1 aromatic heterocycles. The number of rotatable bonds is 8. The van der Waals surface area contributed by atoms with Gasteiger partial charge in [-0.15, -0.1) is 11.8 Å². The van der Waals surface area contributed by atoms with Gasteiger partial charge in [0, 0.05) is 48.9 Å². The summed E-state index contributed by atoms with van der Waals surface area (Å²) in [6.07, 6.45) is 4.15. The number of amides is 1. The number of thioether (sulfide) groups is 1. The Kier molecular flexibility index (Phi) is 6.63. The maximum Gasteiger partial charge on any atom is 0.257 e. The monoisotopic (exact) mass is 540 g/mol. The van der Waals surface area contributed by atoms with Crippen LogP contribution in [-0.2, 0) is 18.4 Å². The highest BCUT2D eigenvalue weighted by atomic mass is 32.2. The molecule has 3 aliphatic rings. The van der Waals surface area contributed by atoms with E-state index in [1.807, 2.05) is 37.4 Å². The third kappa shape index (κ3) is 5.15. The average Bonchev–Trinajstić information content (AvgIpc) is 3.56. The van der Waals surface area contributed by atoms with Crippen LogP contribution in [0.25, 0.3) is 10.9 Å². The summed E-state index contributed by atoms with van der Waals surface area (Å²) in [5.41, 5.74) is 4.49. The topological polar surface area (TPSA) is 59.4 Å². The highest BCUT2D eigenvalue weighted by molar-refractivity contribution is 7.99. The normalized spacial score (nSPS) is 20.1. The van der Waals surface area contributed by atoms with E-state index in [1.165, 1.54) is 30.6 Å². The number of anilines is 2. The Morgan fingerprint density at radius 1 is 1.13 bits per heavy atom. The number of ether oxygens (including phenoxy) is 1. The average molecular weight is 541 g/mol. The summed E-state index contributed by atoms with van der Waals surface area (Å²) < 4.78 is 33.8. The molecule has 0 atom stereocenters. The fourth-order valence-corrected chi connectivity index (χ4v) is 6.45. The van der Waals surface area contributed by atoms with E-state index in [9.17, 15) is 13.6 Å². The summed E-state index contributed by atoms with van der Waals surface area (Å²) in [4.78, 5) is 17.1. The van der Waals surface area contributed by atoms with Crippen LogP contribution >= 0.6 is 11.8 Å². The van der Waals surface area contributed by atoms with Gasteiger partial charge in [-0.2, -0.15) is 5.10 Å². The Bertz CT molecular complexity index is 1350. The van der Waals surface area contributed by atoms with Gasteiger partial charge in [0.15, 0.2) is 0 Å². The first-order valence-corrected chi connectivity index (χ1v) is 14.5. The van der Waals surface area contributed by atoms with E-state index in [-0.39, 0.29) is 25.4 Å². The Morgan fingerprint density at radius 2 is 1.89 bits per heavy atom. The Hall–Kier alpha value is -2.65. The van der Waals surface area contributed by atoms with Gasteiger partial charge in [-0.1, -0.05) is 6.92 Å². The first-order chi connectivity index (χ1) is 18.2. The minimum absolute atomic E-state index is 0.141. The highest BCUT2D eigenvalue weighted by Gasteiger charge is 2.46. The van der Waals surface area contributed by atoms with Gasteiger partial charge in [0.2, 0.25) is 0 Å². The van der Waals surface area contributed by atoms with E-state index in [1.54, 1.807) is 16.4 Å². The van der Waals surface area contributed by atoms with E-state index in [0.717, 1.165) is 35.4 Å². The molecular formula is C29H34F2N4O2S. The molecule has 1 spiro atoms. The van der Waals surface area contributed by atoms with Crippen molar-refractivity contribution < 1.29 is 18.3 Å². The van der Waals surface area contributed by atoms with Crippen LogP contribution in [0, 0.1) is 5.41 Å². The third-order valence-electron chi connectivity index (χ3n) is 8.34. The summed E-state index contributed by atoms with van der Waals surface area (Å²) in [6, 6.07) is 11.8. The van der Waals surface area contributed by atoms with Crippen molar-refractivity contribution in [2.45, 2.75) is 69.0 Å². The van der Waals surface area contributed by atoms with Crippen molar-refractivity contribution >= 4 is 39.9 Å². The molecule has 202 valence electrons. The maximum atomic E-state index is 13.6. The molecular weight excluding hydrogens is 506 g/mol. The van der Waals surface area contributed by atoms with Crippen LogP contribution in [0.15, 0.2) is 41.3 Å².